The highest BCUT2D eigenvalue weighted by molar-refractivity contribution is 6.30. The fourth-order valence-corrected chi connectivity index (χ4v) is 2.03. The lowest BCUT2D eigenvalue weighted by atomic mass is 9.85. The third kappa shape index (κ3) is 3.94. The lowest BCUT2D eigenvalue weighted by Gasteiger charge is -2.21. The molecule has 0 aromatic heterocycles. The maximum atomic E-state index is 13.9. The second-order valence-corrected chi connectivity index (χ2v) is 6.02. The molecule has 102 valence electrons. The van der Waals surface area contributed by atoms with Crippen molar-refractivity contribution in [3.05, 3.63) is 34.1 Å². The highest BCUT2D eigenvalue weighted by atomic mass is 35.5. The first-order valence-electron chi connectivity index (χ1n) is 6.12. The molecule has 0 fully saturated rings. The van der Waals surface area contributed by atoms with Gasteiger partial charge in [-0.2, -0.15) is 0 Å². The first-order chi connectivity index (χ1) is 8.25. The average molecular weight is 274 g/mol. The number of hydrogen-bond donors (Lipinski definition) is 2. The van der Waals surface area contributed by atoms with E-state index in [9.17, 15) is 9.50 Å². The van der Waals surface area contributed by atoms with Crippen LogP contribution in [0.3, 0.4) is 0 Å². The van der Waals surface area contributed by atoms with Crippen molar-refractivity contribution in [2.45, 2.75) is 45.1 Å². The Bertz CT molecular complexity index is 415. The van der Waals surface area contributed by atoms with Gasteiger partial charge in [-0.3, -0.25) is 0 Å². The highest BCUT2D eigenvalue weighted by Gasteiger charge is 2.21. The molecule has 0 amide bonds. The summed E-state index contributed by atoms with van der Waals surface area (Å²) in [7, 11) is 0. The molecular weight excluding hydrogens is 253 g/mol. The van der Waals surface area contributed by atoms with E-state index in [1.807, 2.05) is 26.8 Å². The van der Waals surface area contributed by atoms with Crippen molar-refractivity contribution in [3.63, 3.8) is 0 Å². The van der Waals surface area contributed by atoms with E-state index in [0.717, 1.165) is 5.56 Å². The molecule has 0 saturated carbocycles. The van der Waals surface area contributed by atoms with Gasteiger partial charge in [-0.1, -0.05) is 38.4 Å². The van der Waals surface area contributed by atoms with E-state index < -0.39 is 6.10 Å². The van der Waals surface area contributed by atoms with Crippen LogP contribution < -0.4 is 5.73 Å². The molecule has 0 aliphatic carbocycles. The molecule has 18 heavy (non-hydrogen) atoms. The molecule has 1 rings (SSSR count). The van der Waals surface area contributed by atoms with Gasteiger partial charge in [-0.05, 0) is 35.4 Å². The molecular formula is C14H21ClFNO. The number of aliphatic hydroxyl groups excluding tert-OH is 1. The highest BCUT2D eigenvalue weighted by Crippen LogP contribution is 2.31. The van der Waals surface area contributed by atoms with Crippen molar-refractivity contribution in [1.29, 1.82) is 0 Å². The molecule has 1 aromatic carbocycles. The summed E-state index contributed by atoms with van der Waals surface area (Å²) < 4.78 is 13.9. The minimum atomic E-state index is -0.521. The third-order valence-corrected chi connectivity index (χ3v) is 3.21. The number of hydrogen-bond acceptors (Lipinski definition) is 2. The Kier molecular flexibility index (Phi) is 5.14. The van der Waals surface area contributed by atoms with E-state index in [1.165, 1.54) is 0 Å². The molecule has 2 nitrogen and oxygen atoms in total. The summed E-state index contributed by atoms with van der Waals surface area (Å²) in [4.78, 5) is 0. The van der Waals surface area contributed by atoms with Crippen molar-refractivity contribution in [3.8, 4) is 0 Å². The summed E-state index contributed by atoms with van der Waals surface area (Å²) in [5, 5.41) is 9.58. The van der Waals surface area contributed by atoms with Gasteiger partial charge in [-0.15, -0.1) is 0 Å². The lowest BCUT2D eigenvalue weighted by molar-refractivity contribution is 0.173. The number of aryl methyl sites for hydroxylation is 1. The maximum Gasteiger partial charge on any atom is 0.145 e. The Balaban J connectivity index is 2.98. The van der Waals surface area contributed by atoms with Crippen LogP contribution in [0, 0.1) is 5.82 Å². The van der Waals surface area contributed by atoms with Gasteiger partial charge >= 0.3 is 0 Å². The number of halogens is 2. The quantitative estimate of drug-likeness (QED) is 0.886. The summed E-state index contributed by atoms with van der Waals surface area (Å²) in [6.45, 7) is 6.07. The maximum absolute atomic E-state index is 13.9. The Hall–Kier alpha value is -0.640. The van der Waals surface area contributed by atoms with Crippen LogP contribution in [-0.2, 0) is 11.8 Å². The van der Waals surface area contributed by atoms with Crippen LogP contribution in [-0.4, -0.2) is 17.8 Å². The molecule has 0 bridgehead atoms. The first kappa shape index (κ1) is 15.4. The van der Waals surface area contributed by atoms with Crippen molar-refractivity contribution in [2.75, 3.05) is 6.54 Å². The SMILES string of the molecule is CC(C)(C)c1cc(CCC(O)CN)cc(Cl)c1F. The van der Waals surface area contributed by atoms with Crippen LogP contribution in [0.2, 0.25) is 5.02 Å². The van der Waals surface area contributed by atoms with Gasteiger partial charge in [-0.25, -0.2) is 4.39 Å². The number of nitrogens with two attached hydrogens (primary N) is 1. The van der Waals surface area contributed by atoms with Crippen molar-refractivity contribution in [1.82, 2.24) is 0 Å². The van der Waals surface area contributed by atoms with E-state index in [4.69, 9.17) is 17.3 Å². The first-order valence-corrected chi connectivity index (χ1v) is 6.50. The molecule has 0 heterocycles. The zero-order valence-corrected chi connectivity index (χ0v) is 11.9. The molecule has 0 aliphatic heterocycles. The Morgan fingerprint density at radius 3 is 2.50 bits per heavy atom. The molecule has 0 spiro atoms. The molecule has 0 radical (unpaired) electrons. The molecule has 1 unspecified atom stereocenters. The molecule has 1 aromatic rings. The van der Waals surface area contributed by atoms with Crippen LogP contribution >= 0.6 is 11.6 Å². The Morgan fingerprint density at radius 1 is 1.39 bits per heavy atom. The van der Waals surface area contributed by atoms with Crippen molar-refractivity contribution < 1.29 is 9.50 Å². The van der Waals surface area contributed by atoms with Crippen molar-refractivity contribution >= 4 is 11.6 Å². The van der Waals surface area contributed by atoms with Crippen LogP contribution in [0.1, 0.15) is 38.3 Å². The summed E-state index contributed by atoms with van der Waals surface area (Å²) in [6, 6.07) is 3.44. The summed E-state index contributed by atoms with van der Waals surface area (Å²) in [5.41, 5.74) is 6.59. The number of rotatable bonds is 4. The minimum absolute atomic E-state index is 0.139. The average Bonchev–Trinajstić information content (AvgIpc) is 2.28. The fraction of sp³-hybridized carbons (Fsp3) is 0.571. The van der Waals surface area contributed by atoms with Crippen LogP contribution in [0.5, 0.6) is 0 Å². The van der Waals surface area contributed by atoms with Gasteiger partial charge < -0.3 is 10.8 Å². The predicted molar refractivity (Wildman–Crippen MR) is 73.5 cm³/mol. The number of benzene rings is 1. The molecule has 1 atom stereocenters. The number of aliphatic hydroxyl groups is 1. The smallest absolute Gasteiger partial charge is 0.145 e. The Morgan fingerprint density at radius 2 is 2.00 bits per heavy atom. The van der Waals surface area contributed by atoms with E-state index >= 15 is 0 Å². The molecule has 4 heteroatoms. The third-order valence-electron chi connectivity index (χ3n) is 2.93. The lowest BCUT2D eigenvalue weighted by Crippen LogP contribution is -2.20. The van der Waals surface area contributed by atoms with Gasteiger partial charge in [0.2, 0.25) is 0 Å². The van der Waals surface area contributed by atoms with Gasteiger partial charge in [0.25, 0.3) is 0 Å². The summed E-state index contributed by atoms with van der Waals surface area (Å²) >= 11 is 5.91. The van der Waals surface area contributed by atoms with Gasteiger partial charge in [0.1, 0.15) is 5.82 Å². The topological polar surface area (TPSA) is 46.2 Å². The summed E-state index contributed by atoms with van der Waals surface area (Å²) in [5.74, 6) is -0.354. The van der Waals surface area contributed by atoms with Crippen LogP contribution in [0.15, 0.2) is 12.1 Å². The Labute approximate surface area is 113 Å². The van der Waals surface area contributed by atoms with Gasteiger partial charge in [0.15, 0.2) is 0 Å². The monoisotopic (exact) mass is 273 g/mol. The van der Waals surface area contributed by atoms with Gasteiger partial charge in [0, 0.05) is 6.54 Å². The molecule has 3 N–H and O–H groups in total. The fourth-order valence-electron chi connectivity index (χ4n) is 1.79. The van der Waals surface area contributed by atoms with Crippen molar-refractivity contribution in [2.24, 2.45) is 5.73 Å². The summed E-state index contributed by atoms with van der Waals surface area (Å²) in [6.07, 6.45) is 0.677. The van der Waals surface area contributed by atoms with Gasteiger partial charge in [0.05, 0.1) is 11.1 Å². The largest absolute Gasteiger partial charge is 0.392 e. The standard InChI is InChI=1S/C14H21ClFNO/c1-14(2,3)11-6-9(4-5-10(18)8-17)7-12(15)13(11)16/h6-7,10,18H,4-5,8,17H2,1-3H3. The van der Waals surface area contributed by atoms with E-state index in [1.54, 1.807) is 6.07 Å². The second kappa shape index (κ2) is 6.00. The zero-order valence-electron chi connectivity index (χ0n) is 11.1. The normalized spacial score (nSPS) is 13.7. The van der Waals surface area contributed by atoms with E-state index in [0.29, 0.717) is 18.4 Å². The molecule has 0 saturated heterocycles. The zero-order chi connectivity index (χ0) is 13.9. The van der Waals surface area contributed by atoms with Crippen LogP contribution in [0.4, 0.5) is 4.39 Å². The predicted octanol–water partition coefficient (Wildman–Crippen LogP) is 3.03. The van der Waals surface area contributed by atoms with E-state index in [-0.39, 0.29) is 22.8 Å². The minimum Gasteiger partial charge on any atom is -0.392 e. The van der Waals surface area contributed by atoms with Crippen LogP contribution in [0.25, 0.3) is 0 Å². The molecule has 0 aliphatic rings. The van der Waals surface area contributed by atoms with E-state index in [2.05, 4.69) is 0 Å². The second-order valence-electron chi connectivity index (χ2n) is 5.62.